The number of nitrogens with one attached hydrogen (secondary N) is 1. The number of carbonyl (C=O) groups excluding carboxylic acids is 2. The third kappa shape index (κ3) is 5.86. The number of fused-ring (bicyclic) bond motifs is 1. The van der Waals surface area contributed by atoms with Gasteiger partial charge in [0.1, 0.15) is 0 Å². The molecule has 2 aromatic rings. The summed E-state index contributed by atoms with van der Waals surface area (Å²) < 4.78 is 5.13. The Kier molecular flexibility index (Phi) is 6.93. The first-order chi connectivity index (χ1) is 13.1. The fourth-order valence-corrected chi connectivity index (χ4v) is 4.08. The van der Waals surface area contributed by atoms with Crippen molar-refractivity contribution in [2.45, 2.75) is 43.5 Å². The maximum Gasteiger partial charge on any atom is 0.307 e. The Morgan fingerprint density at radius 1 is 1.15 bits per heavy atom. The van der Waals surface area contributed by atoms with Gasteiger partial charge < -0.3 is 10.1 Å². The second-order valence-electron chi connectivity index (χ2n) is 6.78. The normalized spacial score (nSPS) is 15.7. The third-order valence-electron chi connectivity index (χ3n) is 4.66. The van der Waals surface area contributed by atoms with Crippen LogP contribution >= 0.6 is 11.8 Å². The van der Waals surface area contributed by atoms with E-state index in [0.717, 1.165) is 24.2 Å². The molecule has 1 aliphatic carbocycles. The van der Waals surface area contributed by atoms with Gasteiger partial charge in [0.05, 0.1) is 12.5 Å². The Bertz CT molecular complexity index is 788. The lowest BCUT2D eigenvalue weighted by Crippen LogP contribution is -2.34. The zero-order valence-corrected chi connectivity index (χ0v) is 16.4. The van der Waals surface area contributed by atoms with E-state index in [4.69, 9.17) is 4.74 Å². The summed E-state index contributed by atoms with van der Waals surface area (Å²) in [4.78, 5) is 25.2. The molecular weight excluding hydrogens is 358 g/mol. The van der Waals surface area contributed by atoms with Gasteiger partial charge in [-0.1, -0.05) is 42.0 Å². The number of carbonyl (C=O) groups is 2. The molecular formula is C22H25NO3S. The van der Waals surface area contributed by atoms with Gasteiger partial charge in [0.25, 0.3) is 5.91 Å². The number of esters is 1. The van der Waals surface area contributed by atoms with Gasteiger partial charge in [-0.05, 0) is 49.4 Å². The maximum absolute atomic E-state index is 12.2. The van der Waals surface area contributed by atoms with Crippen LogP contribution in [0.2, 0.25) is 0 Å². The number of benzene rings is 2. The van der Waals surface area contributed by atoms with E-state index in [0.29, 0.717) is 5.75 Å². The molecule has 1 unspecified atom stereocenters. The second kappa shape index (κ2) is 9.60. The Morgan fingerprint density at radius 2 is 1.93 bits per heavy atom. The molecule has 1 amide bonds. The van der Waals surface area contributed by atoms with E-state index in [1.807, 2.05) is 31.2 Å². The molecule has 0 fully saturated rings. The molecule has 0 spiro atoms. The largest absolute Gasteiger partial charge is 0.456 e. The summed E-state index contributed by atoms with van der Waals surface area (Å²) in [7, 11) is 0. The Labute approximate surface area is 164 Å². The highest BCUT2D eigenvalue weighted by Crippen LogP contribution is 2.29. The van der Waals surface area contributed by atoms with Gasteiger partial charge in [0.2, 0.25) is 0 Å². The fraction of sp³-hybridized carbons (Fsp3) is 0.364. The lowest BCUT2D eigenvalue weighted by Gasteiger charge is -2.26. The van der Waals surface area contributed by atoms with Crippen molar-refractivity contribution in [3.63, 3.8) is 0 Å². The smallest absolute Gasteiger partial charge is 0.307 e. The highest BCUT2D eigenvalue weighted by Gasteiger charge is 2.21. The average Bonchev–Trinajstić information content (AvgIpc) is 2.68. The summed E-state index contributed by atoms with van der Waals surface area (Å²) >= 11 is 1.61. The molecule has 0 saturated heterocycles. The van der Waals surface area contributed by atoms with Crippen LogP contribution in [-0.2, 0) is 20.7 Å². The van der Waals surface area contributed by atoms with Gasteiger partial charge in [-0.2, -0.15) is 0 Å². The van der Waals surface area contributed by atoms with Crippen molar-refractivity contribution in [3.05, 3.63) is 65.2 Å². The van der Waals surface area contributed by atoms with Crippen molar-refractivity contribution in [1.82, 2.24) is 5.32 Å². The van der Waals surface area contributed by atoms with Crippen molar-refractivity contribution in [2.24, 2.45) is 0 Å². The highest BCUT2D eigenvalue weighted by molar-refractivity contribution is 7.99. The van der Waals surface area contributed by atoms with E-state index in [1.165, 1.54) is 16.7 Å². The predicted octanol–water partition coefficient (Wildman–Crippen LogP) is 4.21. The van der Waals surface area contributed by atoms with Crippen LogP contribution in [-0.4, -0.2) is 24.2 Å². The zero-order valence-electron chi connectivity index (χ0n) is 15.6. The van der Waals surface area contributed by atoms with Crippen LogP contribution in [0.25, 0.3) is 0 Å². The summed E-state index contributed by atoms with van der Waals surface area (Å²) in [5, 5.41) is 3.00. The van der Waals surface area contributed by atoms with Crippen LogP contribution in [0.4, 0.5) is 0 Å². The number of hydrogen-bond acceptors (Lipinski definition) is 4. The number of hydrogen-bond donors (Lipinski definition) is 1. The van der Waals surface area contributed by atoms with Gasteiger partial charge in [0, 0.05) is 10.6 Å². The molecule has 3 rings (SSSR count). The molecule has 1 N–H and O–H groups in total. The van der Waals surface area contributed by atoms with Crippen LogP contribution in [0.15, 0.2) is 53.4 Å². The molecule has 0 heterocycles. The molecule has 1 aliphatic rings. The molecule has 5 heteroatoms. The first kappa shape index (κ1) is 19.5. The summed E-state index contributed by atoms with van der Waals surface area (Å²) in [6.45, 7) is 1.83. The quantitative estimate of drug-likeness (QED) is 0.575. The number of thioether (sulfide) groups is 1. The van der Waals surface area contributed by atoms with E-state index in [2.05, 4.69) is 29.6 Å². The van der Waals surface area contributed by atoms with Crippen molar-refractivity contribution in [2.75, 3.05) is 12.4 Å². The monoisotopic (exact) mass is 383 g/mol. The van der Waals surface area contributed by atoms with Crippen LogP contribution in [0.1, 0.15) is 42.0 Å². The minimum absolute atomic E-state index is 0.0123. The van der Waals surface area contributed by atoms with Crippen LogP contribution in [0.3, 0.4) is 0 Å². The Hall–Kier alpha value is -2.27. The average molecular weight is 384 g/mol. The van der Waals surface area contributed by atoms with E-state index >= 15 is 0 Å². The third-order valence-corrected chi connectivity index (χ3v) is 5.68. The molecule has 142 valence electrons. The molecule has 0 aliphatic heterocycles. The summed E-state index contributed by atoms with van der Waals surface area (Å²) in [5.74, 6) is 0.0597. The molecule has 4 nitrogen and oxygen atoms in total. The first-order valence-corrected chi connectivity index (χ1v) is 10.3. The number of amides is 1. The number of rotatable bonds is 7. The van der Waals surface area contributed by atoms with Crippen LogP contribution < -0.4 is 5.32 Å². The van der Waals surface area contributed by atoms with Crippen molar-refractivity contribution < 1.29 is 14.3 Å². The van der Waals surface area contributed by atoms with Crippen molar-refractivity contribution >= 4 is 23.6 Å². The minimum atomic E-state index is -0.339. The standard InChI is InChI=1S/C22H25NO3S/c1-16-9-11-18(12-10-16)27-14-13-22(25)26-15-21(24)23-20-8-4-6-17-5-2-3-7-19(17)20/h2-3,5,7,9-12,20H,4,6,8,13-15H2,1H3,(H,23,24). The number of aryl methyl sites for hydroxylation is 2. The zero-order chi connectivity index (χ0) is 19.1. The van der Waals surface area contributed by atoms with Gasteiger partial charge in [-0.15, -0.1) is 11.8 Å². The summed E-state index contributed by atoms with van der Waals surface area (Å²) in [6.07, 6.45) is 3.32. The van der Waals surface area contributed by atoms with Crippen LogP contribution in [0, 0.1) is 6.92 Å². The van der Waals surface area contributed by atoms with E-state index < -0.39 is 0 Å². The molecule has 1 atom stereocenters. The molecule has 0 radical (unpaired) electrons. The Morgan fingerprint density at radius 3 is 2.74 bits per heavy atom. The fourth-order valence-electron chi connectivity index (χ4n) is 3.24. The van der Waals surface area contributed by atoms with Gasteiger partial charge in [-0.3, -0.25) is 9.59 Å². The summed E-state index contributed by atoms with van der Waals surface area (Å²) in [6, 6.07) is 16.4. The van der Waals surface area contributed by atoms with Gasteiger partial charge >= 0.3 is 5.97 Å². The highest BCUT2D eigenvalue weighted by atomic mass is 32.2. The second-order valence-corrected chi connectivity index (χ2v) is 7.95. The molecule has 0 aromatic heterocycles. The van der Waals surface area contributed by atoms with E-state index in [-0.39, 0.29) is 30.9 Å². The van der Waals surface area contributed by atoms with Crippen molar-refractivity contribution in [3.8, 4) is 0 Å². The van der Waals surface area contributed by atoms with E-state index in [9.17, 15) is 9.59 Å². The van der Waals surface area contributed by atoms with Crippen LogP contribution in [0.5, 0.6) is 0 Å². The van der Waals surface area contributed by atoms with Gasteiger partial charge in [0.15, 0.2) is 6.61 Å². The Balaban J connectivity index is 1.38. The molecule has 0 saturated carbocycles. The van der Waals surface area contributed by atoms with E-state index in [1.54, 1.807) is 11.8 Å². The lowest BCUT2D eigenvalue weighted by molar-refractivity contribution is -0.148. The topological polar surface area (TPSA) is 55.4 Å². The predicted molar refractivity (Wildman–Crippen MR) is 108 cm³/mol. The maximum atomic E-state index is 12.2. The minimum Gasteiger partial charge on any atom is -0.456 e. The number of ether oxygens (including phenoxy) is 1. The SMILES string of the molecule is Cc1ccc(SCCC(=O)OCC(=O)NC2CCCc3ccccc32)cc1. The first-order valence-electron chi connectivity index (χ1n) is 9.34. The lowest BCUT2D eigenvalue weighted by atomic mass is 9.88. The summed E-state index contributed by atoms with van der Waals surface area (Å²) in [5.41, 5.74) is 3.68. The molecule has 0 bridgehead atoms. The molecule has 2 aromatic carbocycles. The van der Waals surface area contributed by atoms with Gasteiger partial charge in [-0.25, -0.2) is 0 Å². The molecule has 27 heavy (non-hydrogen) atoms. The van der Waals surface area contributed by atoms with Crippen molar-refractivity contribution in [1.29, 1.82) is 0 Å².